The number of carbonyl (C=O) groups excluding carboxylic acids is 2. The van der Waals surface area contributed by atoms with Crippen LogP contribution in [0.4, 0.5) is 22.0 Å². The Morgan fingerprint density at radius 3 is 2.11 bits per heavy atom. The first-order valence-corrected chi connectivity index (χ1v) is 11.7. The molecule has 1 spiro atoms. The first-order chi connectivity index (χ1) is 16.7. The van der Waals surface area contributed by atoms with Crippen LogP contribution >= 0.6 is 0 Å². The Morgan fingerprint density at radius 2 is 1.58 bits per heavy atom. The van der Waals surface area contributed by atoms with Crippen molar-refractivity contribution in [3.05, 3.63) is 58.9 Å². The van der Waals surface area contributed by atoms with Gasteiger partial charge in [-0.15, -0.1) is 0 Å². The van der Waals surface area contributed by atoms with Gasteiger partial charge in [0.2, 0.25) is 0 Å². The van der Waals surface area contributed by atoms with E-state index in [-0.39, 0.29) is 44.9 Å². The van der Waals surface area contributed by atoms with Crippen LogP contribution in [-0.2, 0) is 17.7 Å². The molecule has 3 heterocycles. The highest BCUT2D eigenvalue weighted by atomic mass is 19.4. The van der Waals surface area contributed by atoms with Crippen molar-refractivity contribution < 1.29 is 36.6 Å². The van der Waals surface area contributed by atoms with E-state index in [1.165, 1.54) is 10.6 Å². The number of likely N-dealkylation sites (tertiary alicyclic amines) is 1. The minimum Gasteiger partial charge on any atom is -0.386 e. The summed E-state index contributed by atoms with van der Waals surface area (Å²) in [4.78, 5) is 28.2. The second-order valence-electron chi connectivity index (χ2n) is 9.88. The molecular weight excluding hydrogens is 485 g/mol. The van der Waals surface area contributed by atoms with Crippen LogP contribution in [0.3, 0.4) is 0 Å². The Labute approximate surface area is 205 Å². The highest BCUT2D eigenvalue weighted by molar-refractivity contribution is 5.99. The number of halogens is 5. The summed E-state index contributed by atoms with van der Waals surface area (Å²) in [6.45, 7) is 3.18. The summed E-state index contributed by atoms with van der Waals surface area (Å²) in [6.07, 6.45) is -7.22. The molecule has 0 unspecified atom stereocenters. The molecular formula is C25H28F5N3O3. The van der Waals surface area contributed by atoms with Gasteiger partial charge in [-0.3, -0.25) is 14.5 Å². The Balaban J connectivity index is 1.59. The molecule has 2 aromatic rings. The second-order valence-corrected chi connectivity index (χ2v) is 9.88. The van der Waals surface area contributed by atoms with E-state index in [9.17, 15) is 36.6 Å². The van der Waals surface area contributed by atoms with Crippen molar-refractivity contribution in [2.24, 2.45) is 0 Å². The first kappa shape index (κ1) is 26.3. The van der Waals surface area contributed by atoms with E-state index >= 15 is 0 Å². The molecule has 1 amide bonds. The third kappa shape index (κ3) is 4.78. The average molecular weight is 514 g/mol. The summed E-state index contributed by atoms with van der Waals surface area (Å²) >= 11 is 0. The molecule has 1 saturated heterocycles. The molecule has 1 aromatic heterocycles. The molecule has 6 nitrogen and oxygen atoms in total. The van der Waals surface area contributed by atoms with Gasteiger partial charge in [-0.25, -0.2) is 8.78 Å². The number of aliphatic hydroxyl groups is 1. The van der Waals surface area contributed by atoms with Crippen LogP contribution in [0, 0.1) is 0 Å². The van der Waals surface area contributed by atoms with Crippen molar-refractivity contribution >= 4 is 11.7 Å². The van der Waals surface area contributed by atoms with Gasteiger partial charge >= 0.3 is 6.18 Å². The van der Waals surface area contributed by atoms with E-state index in [2.05, 4.69) is 0 Å². The van der Waals surface area contributed by atoms with Crippen LogP contribution in [0.25, 0.3) is 0 Å². The summed E-state index contributed by atoms with van der Waals surface area (Å²) in [5.41, 5.74) is -1.13. The number of fused-ring (bicyclic) bond motifs is 2. The van der Waals surface area contributed by atoms with Gasteiger partial charge in [-0.05, 0) is 56.5 Å². The molecule has 0 bridgehead atoms. The van der Waals surface area contributed by atoms with Crippen molar-refractivity contribution in [1.29, 1.82) is 0 Å². The van der Waals surface area contributed by atoms with Gasteiger partial charge in [0.25, 0.3) is 18.1 Å². The van der Waals surface area contributed by atoms with Gasteiger partial charge in [-0.1, -0.05) is 12.1 Å². The predicted molar refractivity (Wildman–Crippen MR) is 121 cm³/mol. The minimum absolute atomic E-state index is 0.00977. The lowest BCUT2D eigenvalue weighted by Crippen LogP contribution is -2.59. The Morgan fingerprint density at radius 1 is 0.972 bits per heavy atom. The zero-order valence-corrected chi connectivity index (χ0v) is 20.0. The summed E-state index contributed by atoms with van der Waals surface area (Å²) in [5, 5.41) is 10.1. The number of aromatic nitrogens is 1. The number of nitrogens with zero attached hydrogens (tertiary/aromatic N) is 3. The molecule has 1 N–H and O–H groups in total. The number of piperidine rings is 1. The molecule has 4 rings (SSSR count). The van der Waals surface area contributed by atoms with Gasteiger partial charge in [0.1, 0.15) is 0 Å². The summed E-state index contributed by atoms with van der Waals surface area (Å²) < 4.78 is 67.5. The minimum atomic E-state index is -5.04. The Bertz CT molecular complexity index is 1130. The summed E-state index contributed by atoms with van der Waals surface area (Å²) in [7, 11) is 0. The number of benzene rings is 1. The third-order valence-electron chi connectivity index (χ3n) is 7.22. The SMILES string of the molecule is CC(C)(O)c1ccc(C(=O)N2CCC3(CC2)c2ccc(C(=O)C(F)(F)F)n2CCN3CC(F)F)cc1. The van der Waals surface area contributed by atoms with Crippen LogP contribution in [-0.4, -0.2) is 69.9 Å². The Hall–Kier alpha value is -2.79. The van der Waals surface area contributed by atoms with Gasteiger partial charge in [0, 0.05) is 37.4 Å². The van der Waals surface area contributed by atoms with E-state index in [1.54, 1.807) is 47.9 Å². The number of ketones is 1. The molecule has 0 saturated carbocycles. The summed E-state index contributed by atoms with van der Waals surface area (Å²) in [6, 6.07) is 9.09. The molecule has 2 aliphatic heterocycles. The van der Waals surface area contributed by atoms with Crippen LogP contribution < -0.4 is 0 Å². The highest BCUT2D eigenvalue weighted by Gasteiger charge is 2.49. The number of Topliss-reactive ketones (excluding diaryl/α,β-unsaturated/α-hetero) is 1. The molecule has 0 radical (unpaired) electrons. The van der Waals surface area contributed by atoms with Crippen LogP contribution in [0.2, 0.25) is 0 Å². The van der Waals surface area contributed by atoms with Crippen molar-refractivity contribution in [3.63, 3.8) is 0 Å². The fourth-order valence-corrected chi connectivity index (χ4v) is 5.34. The Kier molecular flexibility index (Phi) is 6.76. The molecule has 1 fully saturated rings. The number of alkyl halides is 5. The van der Waals surface area contributed by atoms with Crippen molar-refractivity contribution in [3.8, 4) is 0 Å². The number of carbonyl (C=O) groups is 2. The monoisotopic (exact) mass is 513 g/mol. The number of amides is 1. The van der Waals surface area contributed by atoms with Crippen molar-refractivity contribution in [2.45, 2.75) is 57.0 Å². The zero-order chi connectivity index (χ0) is 26.5. The van der Waals surface area contributed by atoms with E-state index in [0.717, 1.165) is 6.07 Å². The standard InChI is InChI=1S/C25H28F5N3O3/c1-23(2,36)17-5-3-16(4-6-17)22(35)31-11-9-24(10-12-31)19-8-7-18(21(34)25(28,29)30)33(19)14-13-32(24)15-20(26)27/h3-8,20,36H,9-15H2,1-2H3. The number of rotatable bonds is 5. The van der Waals surface area contributed by atoms with Crippen molar-refractivity contribution in [1.82, 2.24) is 14.4 Å². The molecule has 11 heteroatoms. The van der Waals surface area contributed by atoms with E-state index < -0.39 is 41.8 Å². The lowest BCUT2D eigenvalue weighted by molar-refractivity contribution is -0.0894. The molecule has 1 aromatic carbocycles. The predicted octanol–water partition coefficient (Wildman–Crippen LogP) is 4.17. The van der Waals surface area contributed by atoms with Crippen LogP contribution in [0.15, 0.2) is 36.4 Å². The maximum absolute atomic E-state index is 13.4. The molecule has 0 aliphatic carbocycles. The lowest BCUT2D eigenvalue weighted by Gasteiger charge is -2.52. The topological polar surface area (TPSA) is 65.8 Å². The highest BCUT2D eigenvalue weighted by Crippen LogP contribution is 2.43. The zero-order valence-electron chi connectivity index (χ0n) is 20.0. The number of hydrogen-bond donors (Lipinski definition) is 1. The van der Waals surface area contributed by atoms with Gasteiger partial charge in [0.05, 0.1) is 23.4 Å². The van der Waals surface area contributed by atoms with Gasteiger partial charge in [0.15, 0.2) is 0 Å². The third-order valence-corrected chi connectivity index (χ3v) is 7.22. The number of hydrogen-bond acceptors (Lipinski definition) is 4. The fourth-order valence-electron chi connectivity index (χ4n) is 5.34. The second kappa shape index (κ2) is 9.26. The smallest absolute Gasteiger partial charge is 0.386 e. The van der Waals surface area contributed by atoms with Crippen LogP contribution in [0.5, 0.6) is 0 Å². The maximum atomic E-state index is 13.4. The largest absolute Gasteiger partial charge is 0.456 e. The normalized spacial score (nSPS) is 18.5. The van der Waals surface area contributed by atoms with Gasteiger partial charge < -0.3 is 14.6 Å². The van der Waals surface area contributed by atoms with Crippen molar-refractivity contribution in [2.75, 3.05) is 26.2 Å². The molecule has 196 valence electrons. The van der Waals surface area contributed by atoms with Gasteiger partial charge in [-0.2, -0.15) is 13.2 Å². The van der Waals surface area contributed by atoms with E-state index in [4.69, 9.17) is 0 Å². The molecule has 36 heavy (non-hydrogen) atoms. The quantitative estimate of drug-likeness (QED) is 0.482. The molecule has 0 atom stereocenters. The first-order valence-electron chi connectivity index (χ1n) is 11.7. The van der Waals surface area contributed by atoms with Crippen LogP contribution in [0.1, 0.15) is 58.8 Å². The van der Waals surface area contributed by atoms with E-state index in [0.29, 0.717) is 16.8 Å². The lowest BCUT2D eigenvalue weighted by atomic mass is 9.81. The maximum Gasteiger partial charge on any atom is 0.456 e. The van der Waals surface area contributed by atoms with E-state index in [1.807, 2.05) is 0 Å². The fraction of sp³-hybridized carbons (Fsp3) is 0.520. The average Bonchev–Trinajstić information content (AvgIpc) is 3.24. The summed E-state index contributed by atoms with van der Waals surface area (Å²) in [5.74, 6) is -2.22. The molecule has 2 aliphatic rings.